The van der Waals surface area contributed by atoms with Gasteiger partial charge in [0.1, 0.15) is 5.75 Å². The van der Waals surface area contributed by atoms with Gasteiger partial charge in [0, 0.05) is 18.5 Å². The minimum absolute atomic E-state index is 0.0726. The number of para-hydroxylation sites is 1. The number of nitrogens with one attached hydrogen (secondary N) is 1. The van der Waals surface area contributed by atoms with Crippen LogP contribution in [0.4, 0.5) is 0 Å². The predicted octanol–water partition coefficient (Wildman–Crippen LogP) is 1.21. The van der Waals surface area contributed by atoms with Gasteiger partial charge >= 0.3 is 5.97 Å². The fourth-order valence-electron chi connectivity index (χ4n) is 3.08. The number of oxime groups is 1. The van der Waals surface area contributed by atoms with Crippen LogP contribution in [0.3, 0.4) is 0 Å². The van der Waals surface area contributed by atoms with E-state index in [4.69, 9.17) is 15.3 Å². The molecular formula is C21H21N3O6. The van der Waals surface area contributed by atoms with E-state index in [0.717, 1.165) is 5.56 Å². The van der Waals surface area contributed by atoms with E-state index >= 15 is 0 Å². The van der Waals surface area contributed by atoms with Gasteiger partial charge in [-0.1, -0.05) is 47.6 Å². The summed E-state index contributed by atoms with van der Waals surface area (Å²) in [5.74, 6) is -2.09. The van der Waals surface area contributed by atoms with Crippen molar-refractivity contribution >= 4 is 23.5 Å². The first kappa shape index (κ1) is 20.8. The van der Waals surface area contributed by atoms with Gasteiger partial charge in [0.15, 0.2) is 6.61 Å². The lowest BCUT2D eigenvalue weighted by atomic mass is 9.89. The molecule has 0 bridgehead atoms. The average molecular weight is 411 g/mol. The van der Waals surface area contributed by atoms with Gasteiger partial charge in [-0.05, 0) is 17.7 Å². The highest BCUT2D eigenvalue weighted by Crippen LogP contribution is 2.33. The third-order valence-electron chi connectivity index (χ3n) is 4.50. The molecule has 2 amide bonds. The molecule has 9 nitrogen and oxygen atoms in total. The fourth-order valence-corrected chi connectivity index (χ4v) is 3.08. The number of nitrogens with zero attached hydrogens (tertiary/aromatic N) is 1. The van der Waals surface area contributed by atoms with Crippen molar-refractivity contribution in [1.82, 2.24) is 5.32 Å². The summed E-state index contributed by atoms with van der Waals surface area (Å²) in [5.41, 5.74) is 5.13. The van der Waals surface area contributed by atoms with Crippen molar-refractivity contribution in [2.45, 2.75) is 25.0 Å². The fraction of sp³-hybridized carbons (Fsp3) is 0.238. The average Bonchev–Trinajstić information content (AvgIpc) is 3.16. The molecule has 1 atom stereocenters. The minimum atomic E-state index is -1.69. The van der Waals surface area contributed by atoms with Crippen molar-refractivity contribution in [3.05, 3.63) is 65.7 Å². The second-order valence-electron chi connectivity index (χ2n) is 6.79. The van der Waals surface area contributed by atoms with Crippen LogP contribution in [-0.4, -0.2) is 40.8 Å². The number of carbonyl (C=O) groups is 3. The molecule has 9 heteroatoms. The van der Waals surface area contributed by atoms with Crippen LogP contribution < -0.4 is 15.8 Å². The Morgan fingerprint density at radius 3 is 2.53 bits per heavy atom. The van der Waals surface area contributed by atoms with Crippen LogP contribution in [-0.2, 0) is 25.8 Å². The maximum absolute atomic E-state index is 12.9. The van der Waals surface area contributed by atoms with Crippen molar-refractivity contribution in [3.63, 3.8) is 0 Å². The zero-order chi connectivity index (χ0) is 21.6. The minimum Gasteiger partial charge on any atom is -0.483 e. The summed E-state index contributed by atoms with van der Waals surface area (Å²) in [6.07, 6.45) is -0.637. The topological polar surface area (TPSA) is 140 Å². The number of ether oxygens (including phenoxy) is 1. The van der Waals surface area contributed by atoms with Crippen LogP contribution in [0, 0.1) is 0 Å². The molecule has 1 aliphatic heterocycles. The van der Waals surface area contributed by atoms with Crippen molar-refractivity contribution in [3.8, 4) is 5.75 Å². The maximum Gasteiger partial charge on any atom is 0.308 e. The van der Waals surface area contributed by atoms with Gasteiger partial charge in [-0.2, -0.15) is 0 Å². The Kier molecular flexibility index (Phi) is 6.31. The van der Waals surface area contributed by atoms with Crippen molar-refractivity contribution in [1.29, 1.82) is 0 Å². The molecule has 2 aromatic rings. The van der Waals surface area contributed by atoms with E-state index in [2.05, 4.69) is 10.5 Å². The molecule has 1 heterocycles. The summed E-state index contributed by atoms with van der Waals surface area (Å²) < 4.78 is 5.40. The van der Waals surface area contributed by atoms with Crippen LogP contribution in [0.15, 0.2) is 59.8 Å². The standard InChI is InChI=1S/C21H21N3O6/c22-18(25)13-29-17-9-5-4-8-15(17)16-10-21(30-24-16,11-19(26)27)20(28)23-12-14-6-2-1-3-7-14/h1-9H,10-13H2,(H2,22,25)(H,23,28)(H,26,27). The first-order chi connectivity index (χ1) is 14.4. The zero-order valence-corrected chi connectivity index (χ0v) is 16.0. The van der Waals surface area contributed by atoms with Gasteiger partial charge in [0.05, 0.1) is 12.1 Å². The number of primary amides is 1. The van der Waals surface area contributed by atoms with E-state index < -0.39 is 29.8 Å². The van der Waals surface area contributed by atoms with Gasteiger partial charge in [0.25, 0.3) is 11.8 Å². The number of amides is 2. The molecule has 1 unspecified atom stereocenters. The molecule has 30 heavy (non-hydrogen) atoms. The first-order valence-corrected chi connectivity index (χ1v) is 9.19. The van der Waals surface area contributed by atoms with Gasteiger partial charge in [-0.3, -0.25) is 14.4 Å². The largest absolute Gasteiger partial charge is 0.483 e. The molecule has 0 fully saturated rings. The van der Waals surface area contributed by atoms with Crippen molar-refractivity contribution in [2.75, 3.05) is 6.61 Å². The SMILES string of the molecule is NC(=O)COc1ccccc1C1=NOC(CC(=O)O)(C(=O)NCc2ccccc2)C1. The Labute approximate surface area is 172 Å². The molecule has 2 aromatic carbocycles. The molecule has 0 saturated carbocycles. The van der Waals surface area contributed by atoms with Crippen LogP contribution in [0.25, 0.3) is 0 Å². The Bertz CT molecular complexity index is 976. The summed E-state index contributed by atoms with van der Waals surface area (Å²) in [5, 5.41) is 16.0. The highest BCUT2D eigenvalue weighted by atomic mass is 16.7. The number of aliphatic carboxylic acids is 1. The van der Waals surface area contributed by atoms with Gasteiger partial charge < -0.3 is 25.7 Å². The second-order valence-corrected chi connectivity index (χ2v) is 6.79. The summed E-state index contributed by atoms with van der Waals surface area (Å²) >= 11 is 0. The first-order valence-electron chi connectivity index (χ1n) is 9.19. The summed E-state index contributed by atoms with van der Waals surface area (Å²) in [6.45, 7) is -0.110. The lowest BCUT2D eigenvalue weighted by Gasteiger charge is -2.23. The molecule has 3 rings (SSSR count). The van der Waals surface area contributed by atoms with Gasteiger partial charge in [0.2, 0.25) is 5.60 Å². The Hall–Kier alpha value is -3.88. The molecular weight excluding hydrogens is 390 g/mol. The number of hydrogen-bond acceptors (Lipinski definition) is 6. The predicted molar refractivity (Wildman–Crippen MR) is 107 cm³/mol. The van der Waals surface area contributed by atoms with E-state index in [-0.39, 0.29) is 19.6 Å². The summed E-state index contributed by atoms with van der Waals surface area (Å²) in [4.78, 5) is 40.8. The van der Waals surface area contributed by atoms with Gasteiger partial charge in [-0.25, -0.2) is 0 Å². The molecule has 0 aliphatic carbocycles. The Balaban J connectivity index is 1.78. The van der Waals surface area contributed by atoms with E-state index in [0.29, 0.717) is 17.0 Å². The highest BCUT2D eigenvalue weighted by molar-refractivity contribution is 6.08. The molecule has 0 spiro atoms. The second kappa shape index (κ2) is 9.08. The third kappa shape index (κ3) is 4.93. The van der Waals surface area contributed by atoms with Gasteiger partial charge in [-0.15, -0.1) is 0 Å². The quantitative estimate of drug-likeness (QED) is 0.566. The Morgan fingerprint density at radius 2 is 1.83 bits per heavy atom. The Morgan fingerprint density at radius 1 is 1.13 bits per heavy atom. The molecule has 1 aliphatic rings. The number of benzene rings is 2. The van der Waals surface area contributed by atoms with Crippen molar-refractivity contribution in [2.24, 2.45) is 10.9 Å². The number of carbonyl (C=O) groups excluding carboxylic acids is 2. The normalized spacial score (nSPS) is 17.5. The van der Waals surface area contributed by atoms with Crippen LogP contribution >= 0.6 is 0 Å². The van der Waals surface area contributed by atoms with E-state index in [1.807, 2.05) is 30.3 Å². The summed E-state index contributed by atoms with van der Waals surface area (Å²) in [6, 6.07) is 15.9. The molecule has 0 aromatic heterocycles. The van der Waals surface area contributed by atoms with Crippen LogP contribution in [0.2, 0.25) is 0 Å². The number of rotatable bonds is 9. The van der Waals surface area contributed by atoms with Crippen LogP contribution in [0.1, 0.15) is 24.0 Å². The number of carboxylic acids is 1. The third-order valence-corrected chi connectivity index (χ3v) is 4.50. The molecule has 156 valence electrons. The monoisotopic (exact) mass is 411 g/mol. The lowest BCUT2D eigenvalue weighted by molar-refractivity contribution is -0.156. The van der Waals surface area contributed by atoms with Crippen molar-refractivity contribution < 1.29 is 29.1 Å². The molecule has 0 saturated heterocycles. The number of hydrogen-bond donors (Lipinski definition) is 3. The summed E-state index contributed by atoms with van der Waals surface area (Å²) in [7, 11) is 0. The van der Waals surface area contributed by atoms with E-state index in [1.54, 1.807) is 24.3 Å². The highest BCUT2D eigenvalue weighted by Gasteiger charge is 2.49. The smallest absolute Gasteiger partial charge is 0.308 e. The number of carboxylic acid groups (broad SMARTS) is 1. The molecule has 0 radical (unpaired) electrons. The van der Waals surface area contributed by atoms with Crippen LogP contribution in [0.5, 0.6) is 5.75 Å². The zero-order valence-electron chi connectivity index (χ0n) is 16.0. The van der Waals surface area contributed by atoms with E-state index in [1.165, 1.54) is 0 Å². The maximum atomic E-state index is 12.9. The lowest BCUT2D eigenvalue weighted by Crippen LogP contribution is -2.48. The van der Waals surface area contributed by atoms with E-state index in [9.17, 15) is 19.5 Å². The molecule has 4 N–H and O–H groups in total. The number of nitrogens with two attached hydrogens (primary N) is 1.